The van der Waals surface area contributed by atoms with Gasteiger partial charge in [0.05, 0.1) is 13.2 Å². The average Bonchev–Trinajstić information content (AvgIpc) is 2.56. The minimum absolute atomic E-state index is 0.709. The summed E-state index contributed by atoms with van der Waals surface area (Å²) in [6, 6.07) is 8.15. The highest BCUT2D eigenvalue weighted by Crippen LogP contribution is 2.13. The Kier molecular flexibility index (Phi) is 15.6. The molecular weight excluding hydrogens is 272 g/mol. The smallest absolute Gasteiger partial charge is 0.119 e. The summed E-state index contributed by atoms with van der Waals surface area (Å²) in [7, 11) is 0. The lowest BCUT2D eigenvalue weighted by atomic mass is 10.2. The number of ether oxygens (including phenoxy) is 2. The Hall–Kier alpha value is -1.02. The molecule has 0 aliphatic carbocycles. The highest BCUT2D eigenvalue weighted by molar-refractivity contribution is 5.26. The molecule has 0 saturated carbocycles. The third kappa shape index (κ3) is 12.7. The molecule has 0 spiro atoms. The molecule has 0 radical (unpaired) electrons. The van der Waals surface area contributed by atoms with Crippen LogP contribution in [0.15, 0.2) is 24.3 Å². The van der Waals surface area contributed by atoms with E-state index in [4.69, 9.17) is 9.47 Å². The number of rotatable bonds is 11. The van der Waals surface area contributed by atoms with Gasteiger partial charge in [-0.3, -0.25) is 0 Å². The molecule has 1 aromatic rings. The van der Waals surface area contributed by atoms with Crippen molar-refractivity contribution in [1.82, 2.24) is 0 Å². The van der Waals surface area contributed by atoms with Crippen LogP contribution in [0.2, 0.25) is 0 Å². The van der Waals surface area contributed by atoms with Crippen LogP contribution in [0.4, 0.5) is 0 Å². The SMILES string of the molecule is CCCC.CCCCCCCOCc1ccc(OCC)cc1. The predicted octanol–water partition coefficient (Wildman–Crippen LogP) is 6.38. The third-order valence-corrected chi connectivity index (χ3v) is 3.40. The second-order valence-corrected chi connectivity index (χ2v) is 5.54. The molecule has 2 nitrogen and oxygen atoms in total. The van der Waals surface area contributed by atoms with Crippen LogP contribution >= 0.6 is 0 Å². The van der Waals surface area contributed by atoms with Gasteiger partial charge in [0.25, 0.3) is 0 Å². The lowest BCUT2D eigenvalue weighted by Crippen LogP contribution is -1.96. The monoisotopic (exact) mass is 308 g/mol. The first-order valence-corrected chi connectivity index (χ1v) is 9.07. The number of hydrogen-bond donors (Lipinski definition) is 0. The van der Waals surface area contributed by atoms with Crippen LogP contribution in [0.25, 0.3) is 0 Å². The average molecular weight is 309 g/mol. The minimum Gasteiger partial charge on any atom is -0.494 e. The van der Waals surface area contributed by atoms with Gasteiger partial charge in [-0.15, -0.1) is 0 Å². The first-order chi connectivity index (χ1) is 10.8. The zero-order chi connectivity index (χ0) is 16.5. The summed E-state index contributed by atoms with van der Waals surface area (Å²) in [5.41, 5.74) is 1.21. The van der Waals surface area contributed by atoms with E-state index in [0.29, 0.717) is 13.2 Å². The van der Waals surface area contributed by atoms with Crippen molar-refractivity contribution in [2.45, 2.75) is 79.2 Å². The summed E-state index contributed by atoms with van der Waals surface area (Å²) >= 11 is 0. The molecule has 0 fully saturated rings. The summed E-state index contributed by atoms with van der Waals surface area (Å²) in [5, 5.41) is 0. The molecule has 0 aliphatic heterocycles. The fraction of sp³-hybridized carbons (Fsp3) is 0.700. The second kappa shape index (κ2) is 16.4. The van der Waals surface area contributed by atoms with Crippen molar-refractivity contribution in [1.29, 1.82) is 0 Å². The van der Waals surface area contributed by atoms with E-state index in [0.717, 1.165) is 12.4 Å². The van der Waals surface area contributed by atoms with Crippen LogP contribution in [-0.4, -0.2) is 13.2 Å². The van der Waals surface area contributed by atoms with Crippen molar-refractivity contribution < 1.29 is 9.47 Å². The zero-order valence-corrected chi connectivity index (χ0v) is 15.2. The number of benzene rings is 1. The lowest BCUT2D eigenvalue weighted by molar-refractivity contribution is 0.116. The molecule has 0 heterocycles. The summed E-state index contributed by atoms with van der Waals surface area (Å²) in [5.74, 6) is 0.931. The van der Waals surface area contributed by atoms with Gasteiger partial charge in [-0.2, -0.15) is 0 Å². The Labute approximate surface area is 138 Å². The number of unbranched alkanes of at least 4 members (excludes halogenated alkanes) is 5. The van der Waals surface area contributed by atoms with Gasteiger partial charge in [0, 0.05) is 6.61 Å². The summed E-state index contributed by atoms with van der Waals surface area (Å²) in [6.45, 7) is 10.9. The fourth-order valence-corrected chi connectivity index (χ4v) is 1.85. The maximum Gasteiger partial charge on any atom is 0.119 e. The predicted molar refractivity (Wildman–Crippen MR) is 96.6 cm³/mol. The molecule has 0 unspecified atom stereocenters. The molecule has 128 valence electrons. The Balaban J connectivity index is 0.000000980. The maximum absolute atomic E-state index is 5.66. The summed E-state index contributed by atoms with van der Waals surface area (Å²) in [4.78, 5) is 0. The maximum atomic E-state index is 5.66. The van der Waals surface area contributed by atoms with Crippen LogP contribution in [0, 0.1) is 0 Å². The summed E-state index contributed by atoms with van der Waals surface area (Å²) < 4.78 is 11.1. The highest BCUT2D eigenvalue weighted by Gasteiger charge is 1.96. The van der Waals surface area contributed by atoms with E-state index in [1.54, 1.807) is 0 Å². The Morgan fingerprint density at radius 3 is 1.91 bits per heavy atom. The number of hydrogen-bond acceptors (Lipinski definition) is 2. The standard InChI is InChI=1S/C16H26O2.C4H10/c1-3-5-6-7-8-13-17-14-15-9-11-16(12-10-15)18-4-2;1-3-4-2/h9-12H,3-8,13-14H2,1-2H3;3-4H2,1-2H3. The van der Waals surface area contributed by atoms with Crippen molar-refractivity contribution >= 4 is 0 Å². The Bertz CT molecular complexity index is 317. The molecule has 0 bridgehead atoms. The molecular formula is C20H36O2. The lowest BCUT2D eigenvalue weighted by Gasteiger charge is -2.06. The molecule has 0 aliphatic rings. The summed E-state index contributed by atoms with van der Waals surface area (Å²) in [6.07, 6.45) is 9.09. The second-order valence-electron chi connectivity index (χ2n) is 5.54. The molecule has 1 aromatic carbocycles. The van der Waals surface area contributed by atoms with E-state index in [1.807, 2.05) is 19.1 Å². The van der Waals surface area contributed by atoms with Gasteiger partial charge in [0.1, 0.15) is 5.75 Å². The molecule has 0 aromatic heterocycles. The molecule has 2 heteroatoms. The van der Waals surface area contributed by atoms with Crippen molar-refractivity contribution in [3.63, 3.8) is 0 Å². The van der Waals surface area contributed by atoms with Gasteiger partial charge in [-0.25, -0.2) is 0 Å². The fourth-order valence-electron chi connectivity index (χ4n) is 1.85. The molecule has 0 saturated heterocycles. The molecule has 22 heavy (non-hydrogen) atoms. The largest absolute Gasteiger partial charge is 0.494 e. The van der Waals surface area contributed by atoms with Crippen LogP contribution in [0.3, 0.4) is 0 Å². The van der Waals surface area contributed by atoms with E-state index < -0.39 is 0 Å². The van der Waals surface area contributed by atoms with Crippen LogP contribution < -0.4 is 4.74 Å². The van der Waals surface area contributed by atoms with Gasteiger partial charge < -0.3 is 9.47 Å². The molecule has 0 N–H and O–H groups in total. The van der Waals surface area contributed by atoms with E-state index in [9.17, 15) is 0 Å². The molecule has 1 rings (SSSR count). The van der Waals surface area contributed by atoms with E-state index >= 15 is 0 Å². The zero-order valence-electron chi connectivity index (χ0n) is 15.2. The van der Waals surface area contributed by atoms with E-state index in [-0.39, 0.29) is 0 Å². The molecule has 0 amide bonds. The van der Waals surface area contributed by atoms with Crippen molar-refractivity contribution in [3.05, 3.63) is 29.8 Å². The first-order valence-electron chi connectivity index (χ1n) is 9.07. The minimum atomic E-state index is 0.709. The van der Waals surface area contributed by atoms with Crippen molar-refractivity contribution in [2.75, 3.05) is 13.2 Å². The van der Waals surface area contributed by atoms with Crippen LogP contribution in [-0.2, 0) is 11.3 Å². The Morgan fingerprint density at radius 2 is 1.36 bits per heavy atom. The van der Waals surface area contributed by atoms with E-state index in [1.165, 1.54) is 50.5 Å². The van der Waals surface area contributed by atoms with Gasteiger partial charge >= 0.3 is 0 Å². The quantitative estimate of drug-likeness (QED) is 0.442. The molecule has 0 atom stereocenters. The van der Waals surface area contributed by atoms with E-state index in [2.05, 4.69) is 32.9 Å². The van der Waals surface area contributed by atoms with Crippen molar-refractivity contribution in [2.24, 2.45) is 0 Å². The Morgan fingerprint density at radius 1 is 0.727 bits per heavy atom. The third-order valence-electron chi connectivity index (χ3n) is 3.40. The van der Waals surface area contributed by atoms with Gasteiger partial charge in [-0.05, 0) is 31.0 Å². The van der Waals surface area contributed by atoms with Gasteiger partial charge in [0.2, 0.25) is 0 Å². The van der Waals surface area contributed by atoms with Crippen LogP contribution in [0.1, 0.15) is 78.2 Å². The first kappa shape index (κ1) is 21.0. The normalized spacial score (nSPS) is 10.0. The van der Waals surface area contributed by atoms with Gasteiger partial charge in [0.15, 0.2) is 0 Å². The van der Waals surface area contributed by atoms with Gasteiger partial charge in [-0.1, -0.05) is 71.4 Å². The topological polar surface area (TPSA) is 18.5 Å². The van der Waals surface area contributed by atoms with Crippen molar-refractivity contribution in [3.8, 4) is 5.75 Å². The highest BCUT2D eigenvalue weighted by atomic mass is 16.5. The van der Waals surface area contributed by atoms with Crippen LogP contribution in [0.5, 0.6) is 5.75 Å².